The van der Waals surface area contributed by atoms with Crippen LogP contribution in [-0.2, 0) is 17.8 Å². The molecule has 0 saturated carbocycles. The van der Waals surface area contributed by atoms with Gasteiger partial charge in [0.25, 0.3) is 0 Å². The Morgan fingerprint density at radius 2 is 2.24 bits per heavy atom. The van der Waals surface area contributed by atoms with Gasteiger partial charge in [0, 0.05) is 32.1 Å². The van der Waals surface area contributed by atoms with E-state index in [0.717, 1.165) is 31.9 Å². The third kappa shape index (κ3) is 4.48. The molecule has 0 saturated heterocycles. The minimum atomic E-state index is 0.381. The number of rotatable bonds is 8. The maximum Gasteiger partial charge on any atom is 0.122 e. The summed E-state index contributed by atoms with van der Waals surface area (Å²) < 4.78 is 7.43. The molecule has 0 aromatic carbocycles. The maximum atomic E-state index is 5.22. The molecular weight excluding hydrogens is 214 g/mol. The van der Waals surface area contributed by atoms with Gasteiger partial charge in [-0.1, -0.05) is 20.8 Å². The van der Waals surface area contributed by atoms with E-state index in [1.54, 1.807) is 7.11 Å². The highest BCUT2D eigenvalue weighted by atomic mass is 16.5. The Balaban J connectivity index is 2.49. The molecule has 1 atom stereocenters. The first-order valence-electron chi connectivity index (χ1n) is 6.41. The van der Waals surface area contributed by atoms with Crippen molar-refractivity contribution in [2.24, 2.45) is 5.92 Å². The topological polar surface area (TPSA) is 39.1 Å². The van der Waals surface area contributed by atoms with E-state index in [2.05, 4.69) is 35.6 Å². The van der Waals surface area contributed by atoms with Crippen molar-refractivity contribution in [3.8, 4) is 0 Å². The average Bonchev–Trinajstić information content (AvgIpc) is 2.72. The van der Waals surface area contributed by atoms with Gasteiger partial charge in [-0.25, -0.2) is 4.98 Å². The average molecular weight is 239 g/mol. The Hall–Kier alpha value is -0.870. The number of ether oxygens (including phenoxy) is 1. The van der Waals surface area contributed by atoms with Crippen molar-refractivity contribution < 1.29 is 4.74 Å². The molecule has 1 N–H and O–H groups in total. The summed E-state index contributed by atoms with van der Waals surface area (Å²) in [5.41, 5.74) is 0. The molecule has 0 aliphatic heterocycles. The lowest BCUT2D eigenvalue weighted by molar-refractivity contribution is 0.146. The lowest BCUT2D eigenvalue weighted by atomic mass is 10.1. The first kappa shape index (κ1) is 14.2. The molecule has 0 bridgehead atoms. The van der Waals surface area contributed by atoms with Gasteiger partial charge in [0.15, 0.2) is 0 Å². The number of hydrogen-bond acceptors (Lipinski definition) is 3. The van der Waals surface area contributed by atoms with Crippen LogP contribution in [0.2, 0.25) is 0 Å². The summed E-state index contributed by atoms with van der Waals surface area (Å²) in [7, 11) is 1.75. The second-order valence-corrected chi connectivity index (χ2v) is 4.72. The number of imidazole rings is 1. The fraction of sp³-hybridized carbons (Fsp3) is 0.769. The largest absolute Gasteiger partial charge is 0.383 e. The normalized spacial score (nSPS) is 13.2. The monoisotopic (exact) mass is 239 g/mol. The second-order valence-electron chi connectivity index (χ2n) is 4.72. The third-order valence-corrected chi connectivity index (χ3v) is 2.94. The van der Waals surface area contributed by atoms with E-state index in [0.29, 0.717) is 12.0 Å². The van der Waals surface area contributed by atoms with Crippen LogP contribution in [0, 0.1) is 5.92 Å². The molecule has 1 rings (SSSR count). The Kier molecular flexibility index (Phi) is 6.22. The van der Waals surface area contributed by atoms with E-state index in [9.17, 15) is 0 Å². The summed E-state index contributed by atoms with van der Waals surface area (Å²) in [6, 6.07) is 0.381. The molecular formula is C13H25N3O. The Morgan fingerprint density at radius 3 is 2.82 bits per heavy atom. The third-order valence-electron chi connectivity index (χ3n) is 2.94. The number of aromatic nitrogens is 2. The number of nitrogens with one attached hydrogen (secondary N) is 1. The molecule has 0 radical (unpaired) electrons. The van der Waals surface area contributed by atoms with E-state index in [1.165, 1.54) is 0 Å². The molecule has 1 heterocycles. The second kappa shape index (κ2) is 7.45. The van der Waals surface area contributed by atoms with E-state index in [-0.39, 0.29) is 0 Å². The Labute approximate surface area is 104 Å². The van der Waals surface area contributed by atoms with Crippen molar-refractivity contribution >= 4 is 0 Å². The Morgan fingerprint density at radius 1 is 1.47 bits per heavy atom. The molecule has 0 spiro atoms. The van der Waals surface area contributed by atoms with Gasteiger partial charge in [0.1, 0.15) is 5.82 Å². The smallest absolute Gasteiger partial charge is 0.122 e. The number of methoxy groups -OCH3 is 1. The molecule has 98 valence electrons. The highest BCUT2D eigenvalue weighted by Gasteiger charge is 2.13. The summed E-state index contributed by atoms with van der Waals surface area (Å²) in [4.78, 5) is 4.39. The molecule has 0 aliphatic rings. The van der Waals surface area contributed by atoms with Crippen LogP contribution in [-0.4, -0.2) is 29.3 Å². The number of aryl methyl sites for hydroxylation is 1. The lowest BCUT2D eigenvalue weighted by Gasteiger charge is -2.21. The SMILES string of the molecule is CCCn1ccnc1CNC(COC)C(C)C. The van der Waals surface area contributed by atoms with Crippen molar-refractivity contribution in [2.45, 2.75) is 46.3 Å². The maximum absolute atomic E-state index is 5.22. The van der Waals surface area contributed by atoms with Gasteiger partial charge in [-0.2, -0.15) is 0 Å². The standard InChI is InChI=1S/C13H25N3O/c1-5-7-16-8-6-14-13(16)9-15-12(10-17-4)11(2)3/h6,8,11-12,15H,5,7,9-10H2,1-4H3. The lowest BCUT2D eigenvalue weighted by Crippen LogP contribution is -2.37. The summed E-state index contributed by atoms with van der Waals surface area (Å²) in [6.45, 7) is 9.17. The van der Waals surface area contributed by atoms with Crippen LogP contribution in [0.3, 0.4) is 0 Å². The Bertz CT molecular complexity index is 309. The van der Waals surface area contributed by atoms with Crippen molar-refractivity contribution in [1.29, 1.82) is 0 Å². The van der Waals surface area contributed by atoms with Crippen LogP contribution in [0.1, 0.15) is 33.0 Å². The first-order chi connectivity index (χ1) is 8.19. The molecule has 0 fully saturated rings. The molecule has 4 heteroatoms. The predicted molar refractivity (Wildman–Crippen MR) is 69.9 cm³/mol. The summed E-state index contributed by atoms with van der Waals surface area (Å²) in [5.74, 6) is 1.66. The zero-order valence-electron chi connectivity index (χ0n) is 11.4. The molecule has 0 amide bonds. The fourth-order valence-electron chi connectivity index (χ4n) is 1.84. The van der Waals surface area contributed by atoms with Gasteiger partial charge in [-0.05, 0) is 12.3 Å². The minimum absolute atomic E-state index is 0.381. The van der Waals surface area contributed by atoms with Gasteiger partial charge >= 0.3 is 0 Å². The zero-order chi connectivity index (χ0) is 12.7. The van der Waals surface area contributed by atoms with Crippen LogP contribution < -0.4 is 5.32 Å². The predicted octanol–water partition coefficient (Wildman–Crippen LogP) is 2.05. The molecule has 1 aromatic heterocycles. The number of hydrogen-bond donors (Lipinski definition) is 1. The molecule has 1 unspecified atom stereocenters. The van der Waals surface area contributed by atoms with Gasteiger partial charge in [0.2, 0.25) is 0 Å². The van der Waals surface area contributed by atoms with Gasteiger partial charge in [-0.15, -0.1) is 0 Å². The minimum Gasteiger partial charge on any atom is -0.383 e. The van der Waals surface area contributed by atoms with Crippen LogP contribution in [0.25, 0.3) is 0 Å². The van der Waals surface area contributed by atoms with Crippen LogP contribution in [0.4, 0.5) is 0 Å². The first-order valence-corrected chi connectivity index (χ1v) is 6.41. The fourth-order valence-corrected chi connectivity index (χ4v) is 1.84. The van der Waals surface area contributed by atoms with Gasteiger partial charge in [-0.3, -0.25) is 0 Å². The molecule has 4 nitrogen and oxygen atoms in total. The van der Waals surface area contributed by atoms with E-state index < -0.39 is 0 Å². The molecule has 17 heavy (non-hydrogen) atoms. The van der Waals surface area contributed by atoms with Crippen molar-refractivity contribution in [1.82, 2.24) is 14.9 Å². The van der Waals surface area contributed by atoms with Crippen molar-refractivity contribution in [2.75, 3.05) is 13.7 Å². The van der Waals surface area contributed by atoms with Crippen LogP contribution in [0.5, 0.6) is 0 Å². The summed E-state index contributed by atoms with van der Waals surface area (Å²) in [6.07, 6.45) is 5.05. The van der Waals surface area contributed by atoms with E-state index >= 15 is 0 Å². The van der Waals surface area contributed by atoms with Crippen molar-refractivity contribution in [3.05, 3.63) is 18.2 Å². The zero-order valence-corrected chi connectivity index (χ0v) is 11.4. The quantitative estimate of drug-likeness (QED) is 0.754. The van der Waals surface area contributed by atoms with Crippen LogP contribution in [0.15, 0.2) is 12.4 Å². The van der Waals surface area contributed by atoms with Crippen molar-refractivity contribution in [3.63, 3.8) is 0 Å². The van der Waals surface area contributed by atoms with Crippen LogP contribution >= 0.6 is 0 Å². The highest BCUT2D eigenvalue weighted by molar-refractivity contribution is 4.92. The van der Waals surface area contributed by atoms with E-state index in [4.69, 9.17) is 4.74 Å². The highest BCUT2D eigenvalue weighted by Crippen LogP contribution is 2.05. The van der Waals surface area contributed by atoms with Gasteiger partial charge < -0.3 is 14.6 Å². The summed E-state index contributed by atoms with van der Waals surface area (Å²) >= 11 is 0. The van der Waals surface area contributed by atoms with E-state index in [1.807, 2.05) is 12.4 Å². The summed E-state index contributed by atoms with van der Waals surface area (Å²) in [5, 5.41) is 3.51. The van der Waals surface area contributed by atoms with Gasteiger partial charge in [0.05, 0.1) is 13.2 Å². The molecule has 1 aromatic rings. The number of nitrogens with zero attached hydrogens (tertiary/aromatic N) is 2. The molecule has 0 aliphatic carbocycles.